The van der Waals surface area contributed by atoms with Crippen LogP contribution in [-0.4, -0.2) is 20.6 Å². The molecule has 0 aliphatic heterocycles. The Hall–Kier alpha value is -1.32. The van der Waals surface area contributed by atoms with Crippen LogP contribution in [0.4, 0.5) is 0 Å². The molecule has 0 atom stereocenters. The van der Waals surface area contributed by atoms with E-state index in [0.29, 0.717) is 0 Å². The highest BCUT2D eigenvalue weighted by molar-refractivity contribution is 5.83. The number of imidazole rings is 1. The number of aryl methyl sites for hydroxylation is 1. The summed E-state index contributed by atoms with van der Waals surface area (Å²) in [4.78, 5) is 14.6. The number of hydrogen-bond donors (Lipinski definition) is 1. The fourth-order valence-electron chi connectivity index (χ4n) is 1.35. The summed E-state index contributed by atoms with van der Waals surface area (Å²) in [5.74, 6) is -0.857. The van der Waals surface area contributed by atoms with E-state index < -0.39 is 5.97 Å². The lowest BCUT2D eigenvalue weighted by atomic mass is 10.3. The molecule has 0 amide bonds. The zero-order valence-corrected chi connectivity index (χ0v) is 7.46. The van der Waals surface area contributed by atoms with Gasteiger partial charge in [-0.2, -0.15) is 0 Å². The third kappa shape index (κ3) is 1.20. The van der Waals surface area contributed by atoms with Gasteiger partial charge in [-0.25, -0.2) is 9.78 Å². The van der Waals surface area contributed by atoms with Crippen molar-refractivity contribution >= 4 is 5.97 Å². The Labute approximate surface area is 70.9 Å². The summed E-state index contributed by atoms with van der Waals surface area (Å²) in [7, 11) is 1.72. The first-order valence-corrected chi connectivity index (χ1v) is 3.83. The zero-order chi connectivity index (χ0) is 9.30. The third-order valence-electron chi connectivity index (χ3n) is 1.94. The number of aromatic carboxylic acids is 1. The SMILES string of the molecule is CCc1c(C)nc(C(=O)O)n1C. The molecule has 12 heavy (non-hydrogen) atoms. The summed E-state index contributed by atoms with van der Waals surface area (Å²) in [6.07, 6.45) is 0.808. The van der Waals surface area contributed by atoms with Crippen molar-refractivity contribution in [3.05, 3.63) is 17.2 Å². The smallest absolute Gasteiger partial charge is 0.372 e. The van der Waals surface area contributed by atoms with Crippen LogP contribution in [0.2, 0.25) is 0 Å². The number of aromatic nitrogens is 2. The quantitative estimate of drug-likeness (QED) is 0.716. The molecule has 1 N–H and O–H groups in total. The molecule has 0 fully saturated rings. The second-order valence-corrected chi connectivity index (χ2v) is 2.69. The van der Waals surface area contributed by atoms with E-state index in [9.17, 15) is 4.79 Å². The van der Waals surface area contributed by atoms with Crippen molar-refractivity contribution in [3.63, 3.8) is 0 Å². The fraction of sp³-hybridized carbons (Fsp3) is 0.500. The second-order valence-electron chi connectivity index (χ2n) is 2.69. The predicted octanol–water partition coefficient (Wildman–Crippen LogP) is 0.989. The molecule has 1 heterocycles. The van der Waals surface area contributed by atoms with E-state index in [2.05, 4.69) is 4.98 Å². The number of carboxylic acids is 1. The molecule has 0 unspecified atom stereocenters. The van der Waals surface area contributed by atoms with E-state index in [-0.39, 0.29) is 5.82 Å². The van der Waals surface area contributed by atoms with E-state index >= 15 is 0 Å². The molecule has 1 rings (SSSR count). The largest absolute Gasteiger partial charge is 0.475 e. The minimum absolute atomic E-state index is 0.115. The lowest BCUT2D eigenvalue weighted by molar-refractivity contribution is 0.0679. The third-order valence-corrected chi connectivity index (χ3v) is 1.94. The van der Waals surface area contributed by atoms with Crippen molar-refractivity contribution in [3.8, 4) is 0 Å². The summed E-state index contributed by atoms with van der Waals surface area (Å²) >= 11 is 0. The minimum Gasteiger partial charge on any atom is -0.475 e. The van der Waals surface area contributed by atoms with Gasteiger partial charge in [0.05, 0.1) is 5.69 Å². The molecular formula is C8H12N2O2. The fourth-order valence-corrected chi connectivity index (χ4v) is 1.35. The van der Waals surface area contributed by atoms with Crippen molar-refractivity contribution in [2.24, 2.45) is 7.05 Å². The minimum atomic E-state index is -0.972. The lowest BCUT2D eigenvalue weighted by Crippen LogP contribution is -2.07. The van der Waals surface area contributed by atoms with Gasteiger partial charge in [-0.3, -0.25) is 0 Å². The van der Waals surface area contributed by atoms with Gasteiger partial charge in [-0.1, -0.05) is 6.92 Å². The summed E-state index contributed by atoms with van der Waals surface area (Å²) in [5.41, 5.74) is 1.78. The van der Waals surface area contributed by atoms with Crippen molar-refractivity contribution in [2.75, 3.05) is 0 Å². The van der Waals surface area contributed by atoms with E-state index in [1.807, 2.05) is 13.8 Å². The molecule has 0 aliphatic rings. The average Bonchev–Trinajstić information content (AvgIpc) is 2.27. The number of carbonyl (C=O) groups is 1. The Balaban J connectivity index is 3.26. The second kappa shape index (κ2) is 2.97. The number of nitrogens with zero attached hydrogens (tertiary/aromatic N) is 2. The molecule has 4 nitrogen and oxygen atoms in total. The maximum Gasteiger partial charge on any atom is 0.372 e. The van der Waals surface area contributed by atoms with Crippen molar-refractivity contribution in [1.82, 2.24) is 9.55 Å². The van der Waals surface area contributed by atoms with Crippen molar-refractivity contribution in [2.45, 2.75) is 20.3 Å². The van der Waals surface area contributed by atoms with E-state index in [4.69, 9.17) is 5.11 Å². The molecule has 0 saturated heterocycles. The Morgan fingerprint density at radius 1 is 1.67 bits per heavy atom. The van der Waals surface area contributed by atoms with Crippen LogP contribution in [0.1, 0.15) is 28.9 Å². The van der Waals surface area contributed by atoms with Gasteiger partial charge in [0.15, 0.2) is 0 Å². The van der Waals surface area contributed by atoms with Gasteiger partial charge in [0, 0.05) is 12.7 Å². The number of rotatable bonds is 2. The summed E-state index contributed by atoms with van der Waals surface area (Å²) in [6.45, 7) is 3.81. The first kappa shape index (κ1) is 8.77. The van der Waals surface area contributed by atoms with Gasteiger partial charge < -0.3 is 9.67 Å². The Bertz CT molecular complexity index is 315. The molecule has 0 aliphatic carbocycles. The zero-order valence-electron chi connectivity index (χ0n) is 7.46. The van der Waals surface area contributed by atoms with Crippen molar-refractivity contribution < 1.29 is 9.90 Å². The van der Waals surface area contributed by atoms with Crippen LogP contribution in [0.3, 0.4) is 0 Å². The van der Waals surface area contributed by atoms with Crippen LogP contribution in [0, 0.1) is 6.92 Å². The maximum atomic E-state index is 10.6. The Kier molecular flexibility index (Phi) is 2.17. The molecule has 0 radical (unpaired) electrons. The molecule has 0 aromatic carbocycles. The Morgan fingerprint density at radius 2 is 2.25 bits per heavy atom. The monoisotopic (exact) mass is 168 g/mol. The van der Waals surface area contributed by atoms with Gasteiger partial charge in [0.25, 0.3) is 0 Å². The Morgan fingerprint density at radius 3 is 2.50 bits per heavy atom. The van der Waals surface area contributed by atoms with Crippen LogP contribution in [0.15, 0.2) is 0 Å². The molecule has 66 valence electrons. The van der Waals surface area contributed by atoms with Gasteiger partial charge in [-0.05, 0) is 13.3 Å². The number of carboxylic acid groups (broad SMARTS) is 1. The van der Waals surface area contributed by atoms with Crippen LogP contribution >= 0.6 is 0 Å². The van der Waals surface area contributed by atoms with Gasteiger partial charge in [0.1, 0.15) is 0 Å². The van der Waals surface area contributed by atoms with Crippen LogP contribution in [-0.2, 0) is 13.5 Å². The number of hydrogen-bond acceptors (Lipinski definition) is 2. The van der Waals surface area contributed by atoms with Crippen LogP contribution in [0.25, 0.3) is 0 Å². The predicted molar refractivity (Wildman–Crippen MR) is 44.3 cm³/mol. The highest BCUT2D eigenvalue weighted by Crippen LogP contribution is 2.09. The summed E-state index contributed by atoms with van der Waals surface area (Å²) in [6, 6.07) is 0. The van der Waals surface area contributed by atoms with E-state index in [1.54, 1.807) is 11.6 Å². The molecule has 4 heteroatoms. The van der Waals surface area contributed by atoms with E-state index in [0.717, 1.165) is 17.8 Å². The summed E-state index contributed by atoms with van der Waals surface area (Å²) < 4.78 is 1.62. The first-order valence-electron chi connectivity index (χ1n) is 3.83. The average molecular weight is 168 g/mol. The molecule has 1 aromatic rings. The molecule has 1 aromatic heterocycles. The lowest BCUT2D eigenvalue weighted by Gasteiger charge is -1.99. The standard InChI is InChI=1S/C8H12N2O2/c1-4-6-5(2)9-7(8(11)12)10(6)3/h4H2,1-3H3,(H,11,12). The molecule has 0 spiro atoms. The van der Waals surface area contributed by atoms with Gasteiger partial charge in [-0.15, -0.1) is 0 Å². The van der Waals surface area contributed by atoms with Gasteiger partial charge >= 0.3 is 5.97 Å². The maximum absolute atomic E-state index is 10.6. The molecular weight excluding hydrogens is 156 g/mol. The summed E-state index contributed by atoms with van der Waals surface area (Å²) in [5, 5.41) is 8.72. The van der Waals surface area contributed by atoms with Crippen LogP contribution in [0.5, 0.6) is 0 Å². The first-order chi connectivity index (χ1) is 5.57. The topological polar surface area (TPSA) is 55.1 Å². The molecule has 0 bridgehead atoms. The van der Waals surface area contributed by atoms with Crippen molar-refractivity contribution in [1.29, 1.82) is 0 Å². The van der Waals surface area contributed by atoms with Crippen LogP contribution < -0.4 is 0 Å². The highest BCUT2D eigenvalue weighted by atomic mass is 16.4. The normalized spacial score (nSPS) is 10.2. The highest BCUT2D eigenvalue weighted by Gasteiger charge is 2.14. The molecule has 0 saturated carbocycles. The van der Waals surface area contributed by atoms with E-state index in [1.165, 1.54) is 0 Å². The van der Waals surface area contributed by atoms with Gasteiger partial charge in [0.2, 0.25) is 5.82 Å².